The zero-order valence-corrected chi connectivity index (χ0v) is 48.0. The van der Waals surface area contributed by atoms with Gasteiger partial charge in [0.15, 0.2) is 0 Å². The lowest BCUT2D eigenvalue weighted by molar-refractivity contribution is 0.411. The van der Waals surface area contributed by atoms with Crippen LogP contribution in [-0.4, -0.2) is 15.8 Å². The molecule has 0 fully saturated rings. The van der Waals surface area contributed by atoms with E-state index < -0.39 is 5.41 Å². The lowest BCUT2D eigenvalue weighted by atomic mass is 9.33. The summed E-state index contributed by atoms with van der Waals surface area (Å²) in [6.07, 6.45) is 4.00. The number of hydrogen-bond acceptors (Lipinski definition) is 0. The second-order valence-electron chi connectivity index (χ2n) is 29.9. The average Bonchev–Trinajstić information content (AvgIpc) is 4.14. The first kappa shape index (κ1) is 47.8. The van der Waals surface area contributed by atoms with Crippen LogP contribution in [0.25, 0.3) is 77.2 Å². The van der Waals surface area contributed by atoms with Gasteiger partial charge in [-0.2, -0.15) is 0 Å². The first-order valence-electron chi connectivity index (χ1n) is 28.5. The van der Waals surface area contributed by atoms with Crippen molar-refractivity contribution in [2.75, 3.05) is 0 Å². The van der Waals surface area contributed by atoms with Gasteiger partial charge in [-0.05, 0) is 172 Å². The zero-order valence-electron chi connectivity index (χ0n) is 48.0. The van der Waals surface area contributed by atoms with Crippen LogP contribution in [0.4, 0.5) is 0 Å². The maximum Gasteiger partial charge on any atom is 0.252 e. The standard InChI is InChI=1S/C73H75BN2/c1-68(2,3)38-42-24-29-61-51(30-42)52-32-44(40-70(7,8)9)35-59-64(52)75(61)66-50(46-25-27-47(28-26-46)72(13,14)15)37-58-67-62(66)74(59)60-36-45(41-71(10,11)12)33-54-53-31-43(39-69(4,5)6)34-57(63(53)76(67)65(54)60)73(58)55-22-18-16-20-48(55)49-21-17-19-23-56(49)73/h16-37H,38-41H2,1-15H3. The molecule has 0 radical (unpaired) electrons. The van der Waals surface area contributed by atoms with E-state index in [0.717, 1.165) is 25.7 Å². The normalized spacial score (nSPS) is 15.1. The Kier molecular flexibility index (Phi) is 9.65. The van der Waals surface area contributed by atoms with Crippen LogP contribution in [0.3, 0.4) is 0 Å². The molecule has 2 aromatic heterocycles. The summed E-state index contributed by atoms with van der Waals surface area (Å²) in [5, 5.41) is 5.55. The van der Waals surface area contributed by atoms with E-state index in [2.05, 4.69) is 246 Å². The Hall–Kier alpha value is -6.58. The van der Waals surface area contributed by atoms with Crippen molar-refractivity contribution in [2.45, 2.75) is 140 Å². The predicted octanol–water partition coefficient (Wildman–Crippen LogP) is 17.0. The van der Waals surface area contributed by atoms with Crippen molar-refractivity contribution in [2.24, 2.45) is 21.7 Å². The van der Waals surface area contributed by atoms with Gasteiger partial charge in [0.05, 0.1) is 22.1 Å². The number of fused-ring (bicyclic) bond motifs is 14. The largest absolute Gasteiger partial charge is 0.310 e. The molecule has 0 saturated heterocycles. The molecule has 0 saturated carbocycles. The van der Waals surface area contributed by atoms with Crippen molar-refractivity contribution in [3.05, 3.63) is 184 Å². The van der Waals surface area contributed by atoms with Crippen LogP contribution in [0.2, 0.25) is 0 Å². The third kappa shape index (κ3) is 6.85. The summed E-state index contributed by atoms with van der Waals surface area (Å²) in [5.74, 6) is 0. The van der Waals surface area contributed by atoms with E-state index in [9.17, 15) is 0 Å². The molecule has 3 heteroatoms. The SMILES string of the molecule is CC(C)(C)Cc1ccc2c(c1)c1cc(CC(C)(C)C)cc3c1n2-c1c(-c2ccc(C(C)(C)C)cc2)cc2c4c1B3c1cc(CC(C)(C)C)cc3c5cc(CC(C)(C)C)cc(c5n-4c13)C21c2ccccc2-c2ccccc21. The molecule has 0 bridgehead atoms. The topological polar surface area (TPSA) is 9.86 Å². The van der Waals surface area contributed by atoms with E-state index >= 15 is 0 Å². The molecule has 0 atom stereocenters. The highest BCUT2D eigenvalue weighted by atomic mass is 15.1. The van der Waals surface area contributed by atoms with Crippen LogP contribution in [0.5, 0.6) is 0 Å². The summed E-state index contributed by atoms with van der Waals surface area (Å²) in [7, 11) is 0. The maximum atomic E-state index is 2.83. The van der Waals surface area contributed by atoms with E-state index in [-0.39, 0.29) is 33.8 Å². The van der Waals surface area contributed by atoms with Crippen LogP contribution >= 0.6 is 0 Å². The molecule has 380 valence electrons. The summed E-state index contributed by atoms with van der Waals surface area (Å²) in [6.45, 7) is 35.9. The quantitative estimate of drug-likeness (QED) is 0.152. The molecular formula is C73H75BN2. The van der Waals surface area contributed by atoms with E-state index in [4.69, 9.17) is 0 Å². The monoisotopic (exact) mass is 991 g/mol. The van der Waals surface area contributed by atoms with E-state index in [0.29, 0.717) is 0 Å². The van der Waals surface area contributed by atoms with Gasteiger partial charge in [-0.1, -0.05) is 201 Å². The lowest BCUT2D eigenvalue weighted by Crippen LogP contribution is -2.61. The van der Waals surface area contributed by atoms with Crippen LogP contribution in [0.15, 0.2) is 133 Å². The van der Waals surface area contributed by atoms with Gasteiger partial charge in [0.25, 0.3) is 6.71 Å². The summed E-state index contributed by atoms with van der Waals surface area (Å²) in [6, 6.07) is 54.8. The van der Waals surface area contributed by atoms with Crippen LogP contribution < -0.4 is 16.4 Å². The lowest BCUT2D eigenvalue weighted by Gasteiger charge is -2.45. The van der Waals surface area contributed by atoms with Gasteiger partial charge < -0.3 is 9.13 Å². The molecule has 1 spiro atoms. The van der Waals surface area contributed by atoms with Gasteiger partial charge in [0, 0.05) is 43.8 Å². The van der Waals surface area contributed by atoms with Crippen LogP contribution in [-0.2, 0) is 36.5 Å². The molecule has 4 aliphatic rings. The van der Waals surface area contributed by atoms with E-state index in [1.54, 1.807) is 0 Å². The number of rotatable bonds is 5. The Balaban J connectivity index is 1.25. The molecule has 0 unspecified atom stereocenters. The van der Waals surface area contributed by atoms with Crippen molar-refractivity contribution in [3.63, 3.8) is 0 Å². The average molecular weight is 991 g/mol. The Morgan fingerprint density at radius 3 is 1.39 bits per heavy atom. The fourth-order valence-electron chi connectivity index (χ4n) is 15.3. The highest BCUT2D eigenvalue weighted by Gasteiger charge is 2.55. The first-order chi connectivity index (χ1) is 35.8. The Morgan fingerprint density at radius 1 is 0.382 bits per heavy atom. The Bertz CT molecular complexity index is 4120. The number of aromatic nitrogens is 2. The Morgan fingerprint density at radius 2 is 0.855 bits per heavy atom. The van der Waals surface area contributed by atoms with Gasteiger partial charge in [-0.3, -0.25) is 0 Å². The first-order valence-corrected chi connectivity index (χ1v) is 28.5. The van der Waals surface area contributed by atoms with Crippen molar-refractivity contribution in [3.8, 4) is 33.6 Å². The van der Waals surface area contributed by atoms with Crippen LogP contribution in [0.1, 0.15) is 154 Å². The highest BCUT2D eigenvalue weighted by Crippen LogP contribution is 2.63. The zero-order chi connectivity index (χ0) is 53.1. The van der Waals surface area contributed by atoms with Gasteiger partial charge in [0.1, 0.15) is 0 Å². The van der Waals surface area contributed by atoms with Gasteiger partial charge in [0.2, 0.25) is 0 Å². The molecule has 8 aromatic carbocycles. The third-order valence-corrected chi connectivity index (χ3v) is 17.5. The number of nitrogens with zero attached hydrogens (tertiary/aromatic N) is 2. The smallest absolute Gasteiger partial charge is 0.252 e. The number of benzene rings is 8. The highest BCUT2D eigenvalue weighted by molar-refractivity contribution is 7.00. The van der Waals surface area contributed by atoms with Gasteiger partial charge >= 0.3 is 0 Å². The van der Waals surface area contributed by atoms with Crippen molar-refractivity contribution in [1.29, 1.82) is 0 Å². The third-order valence-electron chi connectivity index (χ3n) is 17.5. The second kappa shape index (κ2) is 15.3. The van der Waals surface area contributed by atoms with E-state index in [1.807, 2.05) is 0 Å². The molecule has 14 rings (SSSR count). The molecule has 1 aliphatic carbocycles. The second-order valence-corrected chi connectivity index (χ2v) is 29.9. The molecule has 76 heavy (non-hydrogen) atoms. The van der Waals surface area contributed by atoms with Crippen molar-refractivity contribution >= 4 is 66.7 Å². The van der Waals surface area contributed by atoms with Crippen molar-refractivity contribution < 1.29 is 0 Å². The van der Waals surface area contributed by atoms with Crippen LogP contribution in [0, 0.1) is 21.7 Å². The van der Waals surface area contributed by atoms with Gasteiger partial charge in [-0.25, -0.2) is 0 Å². The fraction of sp³-hybridized carbons (Fsp3) is 0.342. The number of hydrogen-bond donors (Lipinski definition) is 0. The van der Waals surface area contributed by atoms with Crippen molar-refractivity contribution in [1.82, 2.24) is 9.13 Å². The Labute approximate surface area is 452 Å². The molecular weight excluding hydrogens is 916 g/mol. The molecule has 0 N–H and O–H groups in total. The molecule has 3 aliphatic heterocycles. The summed E-state index contributed by atoms with van der Waals surface area (Å²) in [5.41, 5.74) is 30.3. The van der Waals surface area contributed by atoms with E-state index in [1.165, 1.54) is 144 Å². The van der Waals surface area contributed by atoms with Gasteiger partial charge in [-0.15, -0.1) is 0 Å². The summed E-state index contributed by atoms with van der Waals surface area (Å²) >= 11 is 0. The minimum Gasteiger partial charge on any atom is -0.310 e. The minimum atomic E-state index is -0.589. The molecule has 0 amide bonds. The molecule has 2 nitrogen and oxygen atoms in total. The molecule has 5 heterocycles. The maximum absolute atomic E-state index is 2.83. The minimum absolute atomic E-state index is 0.00964. The predicted molar refractivity (Wildman–Crippen MR) is 327 cm³/mol. The summed E-state index contributed by atoms with van der Waals surface area (Å²) < 4.78 is 5.60. The summed E-state index contributed by atoms with van der Waals surface area (Å²) in [4.78, 5) is 0. The fourth-order valence-corrected chi connectivity index (χ4v) is 15.3. The molecule has 10 aromatic rings.